The van der Waals surface area contributed by atoms with E-state index in [9.17, 15) is 4.79 Å². The standard InChI is InChI=1S/C23H25N3O3/c1-16-6-8-17(9-7-16)24-23(27)26-14-13-25-12-4-5-20(25)22(26)19-11-10-18(28-2)15-21(19)29-3/h4-12,15,22H,13-14H2,1-3H3,(H,24,27)/t22-/m0/s1. The summed E-state index contributed by atoms with van der Waals surface area (Å²) in [5.74, 6) is 1.41. The second kappa shape index (κ2) is 7.91. The molecule has 0 radical (unpaired) electrons. The van der Waals surface area contributed by atoms with Crippen molar-refractivity contribution in [2.45, 2.75) is 19.5 Å². The van der Waals surface area contributed by atoms with Gasteiger partial charge in [-0.05, 0) is 43.3 Å². The summed E-state index contributed by atoms with van der Waals surface area (Å²) in [5, 5.41) is 3.03. The molecule has 1 atom stereocenters. The van der Waals surface area contributed by atoms with Gasteiger partial charge in [0.1, 0.15) is 17.5 Å². The number of amides is 2. The molecule has 1 aliphatic heterocycles. The summed E-state index contributed by atoms with van der Waals surface area (Å²) in [6, 6.07) is 17.2. The fraction of sp³-hybridized carbons (Fsp3) is 0.261. The Hall–Kier alpha value is -3.41. The summed E-state index contributed by atoms with van der Waals surface area (Å²) >= 11 is 0. The van der Waals surface area contributed by atoms with Crippen LogP contribution in [-0.2, 0) is 6.54 Å². The molecule has 0 bridgehead atoms. The van der Waals surface area contributed by atoms with E-state index >= 15 is 0 Å². The number of aryl methyl sites for hydroxylation is 1. The average Bonchev–Trinajstić information content (AvgIpc) is 3.23. The fourth-order valence-electron chi connectivity index (χ4n) is 3.81. The number of benzene rings is 2. The van der Waals surface area contributed by atoms with E-state index in [0.29, 0.717) is 18.0 Å². The monoisotopic (exact) mass is 391 g/mol. The van der Waals surface area contributed by atoms with E-state index in [-0.39, 0.29) is 12.1 Å². The summed E-state index contributed by atoms with van der Waals surface area (Å²) in [6.07, 6.45) is 2.05. The van der Waals surface area contributed by atoms with Gasteiger partial charge in [-0.25, -0.2) is 4.79 Å². The van der Waals surface area contributed by atoms with Crippen LogP contribution in [0, 0.1) is 6.92 Å². The second-order valence-corrected chi connectivity index (χ2v) is 7.13. The zero-order chi connectivity index (χ0) is 20.4. The summed E-state index contributed by atoms with van der Waals surface area (Å²) < 4.78 is 13.2. The minimum atomic E-state index is -0.259. The molecule has 0 saturated heterocycles. The van der Waals surface area contributed by atoms with Crippen molar-refractivity contribution in [3.8, 4) is 11.5 Å². The molecule has 2 heterocycles. The normalized spacial score (nSPS) is 15.6. The molecule has 0 fully saturated rings. The highest BCUT2D eigenvalue weighted by Crippen LogP contribution is 2.39. The minimum Gasteiger partial charge on any atom is -0.497 e. The molecule has 0 spiro atoms. The second-order valence-electron chi connectivity index (χ2n) is 7.13. The first-order chi connectivity index (χ1) is 14.1. The van der Waals surface area contributed by atoms with Crippen molar-refractivity contribution in [3.05, 3.63) is 77.6 Å². The highest BCUT2D eigenvalue weighted by molar-refractivity contribution is 5.90. The molecular formula is C23H25N3O3. The number of fused-ring (bicyclic) bond motifs is 1. The van der Waals surface area contributed by atoms with Gasteiger partial charge in [0.05, 0.1) is 14.2 Å². The highest BCUT2D eigenvalue weighted by atomic mass is 16.5. The molecule has 0 unspecified atom stereocenters. The molecule has 1 N–H and O–H groups in total. The zero-order valence-corrected chi connectivity index (χ0v) is 16.9. The smallest absolute Gasteiger partial charge is 0.322 e. The highest BCUT2D eigenvalue weighted by Gasteiger charge is 2.34. The van der Waals surface area contributed by atoms with E-state index in [2.05, 4.69) is 16.0 Å². The Labute approximate surface area is 170 Å². The third kappa shape index (κ3) is 3.66. The lowest BCUT2D eigenvalue weighted by atomic mass is 9.99. The minimum absolute atomic E-state index is 0.135. The largest absolute Gasteiger partial charge is 0.497 e. The summed E-state index contributed by atoms with van der Waals surface area (Å²) in [7, 11) is 3.26. The third-order valence-electron chi connectivity index (χ3n) is 5.34. The lowest BCUT2D eigenvalue weighted by molar-refractivity contribution is 0.180. The molecule has 2 amide bonds. The van der Waals surface area contributed by atoms with Crippen molar-refractivity contribution >= 4 is 11.7 Å². The van der Waals surface area contributed by atoms with Gasteiger partial charge in [-0.2, -0.15) is 0 Å². The fourth-order valence-corrected chi connectivity index (χ4v) is 3.81. The number of nitrogens with one attached hydrogen (secondary N) is 1. The van der Waals surface area contributed by atoms with Gasteiger partial charge in [-0.15, -0.1) is 0 Å². The summed E-state index contributed by atoms with van der Waals surface area (Å²) in [4.78, 5) is 15.1. The molecule has 0 aliphatic carbocycles. The number of carbonyl (C=O) groups is 1. The van der Waals surface area contributed by atoms with E-state index < -0.39 is 0 Å². The Bertz CT molecular complexity index is 1010. The van der Waals surface area contributed by atoms with Crippen LogP contribution in [0.2, 0.25) is 0 Å². The number of hydrogen-bond donors (Lipinski definition) is 1. The molecule has 1 aliphatic rings. The SMILES string of the molecule is COc1ccc([C@H]2c3cccn3CCN2C(=O)Nc2ccc(C)cc2)c(OC)c1. The van der Waals surface area contributed by atoms with Crippen molar-refractivity contribution in [2.24, 2.45) is 0 Å². The predicted molar refractivity (Wildman–Crippen MR) is 113 cm³/mol. The van der Waals surface area contributed by atoms with Gasteiger partial charge in [0.15, 0.2) is 0 Å². The van der Waals surface area contributed by atoms with Crippen LogP contribution < -0.4 is 14.8 Å². The first-order valence-electron chi connectivity index (χ1n) is 9.62. The van der Waals surface area contributed by atoms with Crippen LogP contribution in [0.3, 0.4) is 0 Å². The molecule has 1 aromatic heterocycles. The van der Waals surface area contributed by atoms with E-state index in [4.69, 9.17) is 9.47 Å². The Kier molecular flexibility index (Phi) is 5.16. The van der Waals surface area contributed by atoms with E-state index in [1.807, 2.05) is 66.6 Å². The van der Waals surface area contributed by atoms with Crippen LogP contribution in [-0.4, -0.2) is 36.3 Å². The first-order valence-corrected chi connectivity index (χ1v) is 9.62. The van der Waals surface area contributed by atoms with Crippen LogP contribution >= 0.6 is 0 Å². The van der Waals surface area contributed by atoms with Crippen LogP contribution in [0.5, 0.6) is 11.5 Å². The molecule has 150 valence electrons. The summed E-state index contributed by atoms with van der Waals surface area (Å²) in [5.41, 5.74) is 3.91. The molecule has 6 heteroatoms. The maximum atomic E-state index is 13.2. The number of aromatic nitrogens is 1. The maximum absolute atomic E-state index is 13.2. The average molecular weight is 391 g/mol. The number of urea groups is 1. The van der Waals surface area contributed by atoms with Gasteiger partial charge in [0.25, 0.3) is 0 Å². The van der Waals surface area contributed by atoms with Crippen molar-refractivity contribution < 1.29 is 14.3 Å². The molecule has 6 nitrogen and oxygen atoms in total. The maximum Gasteiger partial charge on any atom is 0.322 e. The van der Waals surface area contributed by atoms with Crippen LogP contribution in [0.1, 0.15) is 22.9 Å². The molecule has 3 aromatic rings. The number of hydrogen-bond acceptors (Lipinski definition) is 3. The number of methoxy groups -OCH3 is 2. The van der Waals surface area contributed by atoms with Crippen molar-refractivity contribution in [2.75, 3.05) is 26.1 Å². The zero-order valence-electron chi connectivity index (χ0n) is 16.9. The lowest BCUT2D eigenvalue weighted by Crippen LogP contribution is -2.44. The van der Waals surface area contributed by atoms with E-state index in [1.54, 1.807) is 14.2 Å². The van der Waals surface area contributed by atoms with Crippen LogP contribution in [0.15, 0.2) is 60.8 Å². The van der Waals surface area contributed by atoms with Crippen LogP contribution in [0.25, 0.3) is 0 Å². The van der Waals surface area contributed by atoms with Crippen molar-refractivity contribution in [1.82, 2.24) is 9.47 Å². The van der Waals surface area contributed by atoms with E-state index in [0.717, 1.165) is 29.1 Å². The summed E-state index contributed by atoms with van der Waals surface area (Å²) in [6.45, 7) is 3.37. The van der Waals surface area contributed by atoms with Gasteiger partial charge < -0.3 is 24.3 Å². The predicted octanol–water partition coefficient (Wildman–Crippen LogP) is 4.45. The van der Waals surface area contributed by atoms with Gasteiger partial charge in [0.2, 0.25) is 0 Å². The van der Waals surface area contributed by atoms with Crippen molar-refractivity contribution in [1.29, 1.82) is 0 Å². The van der Waals surface area contributed by atoms with Crippen molar-refractivity contribution in [3.63, 3.8) is 0 Å². The molecule has 29 heavy (non-hydrogen) atoms. The van der Waals surface area contributed by atoms with Gasteiger partial charge in [-0.1, -0.05) is 17.7 Å². The van der Waals surface area contributed by atoms with Gasteiger partial charge >= 0.3 is 6.03 Å². The first kappa shape index (κ1) is 18.9. The van der Waals surface area contributed by atoms with Gasteiger partial charge in [0, 0.05) is 42.3 Å². The quantitative estimate of drug-likeness (QED) is 0.715. The lowest BCUT2D eigenvalue weighted by Gasteiger charge is -2.37. The number of nitrogens with zero attached hydrogens (tertiary/aromatic N) is 2. The number of rotatable bonds is 4. The Balaban J connectivity index is 1.71. The number of carbonyl (C=O) groups excluding carboxylic acids is 1. The Morgan fingerprint density at radius 3 is 2.55 bits per heavy atom. The Morgan fingerprint density at radius 2 is 1.83 bits per heavy atom. The number of ether oxygens (including phenoxy) is 2. The van der Waals surface area contributed by atoms with Gasteiger partial charge in [-0.3, -0.25) is 0 Å². The van der Waals surface area contributed by atoms with Crippen LogP contribution in [0.4, 0.5) is 10.5 Å². The number of anilines is 1. The third-order valence-corrected chi connectivity index (χ3v) is 5.34. The van der Waals surface area contributed by atoms with E-state index in [1.165, 1.54) is 0 Å². The Morgan fingerprint density at radius 1 is 1.03 bits per heavy atom. The molecular weight excluding hydrogens is 366 g/mol. The molecule has 2 aromatic carbocycles. The molecule has 0 saturated carbocycles. The topological polar surface area (TPSA) is 55.7 Å². The molecule has 4 rings (SSSR count).